The Morgan fingerprint density at radius 1 is 1.25 bits per heavy atom. The van der Waals surface area contributed by atoms with Gasteiger partial charge in [-0.15, -0.1) is 0 Å². The predicted molar refractivity (Wildman–Crippen MR) is 110 cm³/mol. The number of methoxy groups -OCH3 is 1. The van der Waals surface area contributed by atoms with E-state index in [-0.39, 0.29) is 17.5 Å². The summed E-state index contributed by atoms with van der Waals surface area (Å²) < 4.78 is 6.83. The van der Waals surface area contributed by atoms with Gasteiger partial charge in [0.2, 0.25) is 5.91 Å². The van der Waals surface area contributed by atoms with E-state index in [0.29, 0.717) is 36.4 Å². The summed E-state index contributed by atoms with van der Waals surface area (Å²) in [6.07, 6.45) is 4.22. The van der Waals surface area contributed by atoms with Crippen LogP contribution < -0.4 is 11.3 Å². The van der Waals surface area contributed by atoms with E-state index in [2.05, 4.69) is 5.73 Å². The highest BCUT2D eigenvalue weighted by Crippen LogP contribution is 2.21. The largest absolute Gasteiger partial charge is 0.383 e. The quantitative estimate of drug-likeness (QED) is 0.593. The molecule has 0 bridgehead atoms. The third kappa shape index (κ3) is 5.39. The molecule has 0 saturated heterocycles. The average molecular weight is 390 g/mol. The Bertz CT molecular complexity index is 834. The zero-order chi connectivity index (χ0) is 20.5. The molecule has 0 radical (unpaired) electrons. The van der Waals surface area contributed by atoms with E-state index in [1.807, 2.05) is 30.0 Å². The van der Waals surface area contributed by atoms with Crippen molar-refractivity contribution in [2.45, 2.75) is 52.1 Å². The fraction of sp³-hybridized carbons (Fsp3) is 0.571. The molecule has 0 aliphatic heterocycles. The summed E-state index contributed by atoms with van der Waals surface area (Å²) in [7, 11) is 1.61. The molecule has 0 saturated carbocycles. The normalized spacial score (nSPS) is 12.3. The molecule has 0 spiro atoms. The molecule has 2 rings (SSSR count). The van der Waals surface area contributed by atoms with Crippen molar-refractivity contribution in [3.8, 4) is 0 Å². The summed E-state index contributed by atoms with van der Waals surface area (Å²) >= 11 is 0. The summed E-state index contributed by atoms with van der Waals surface area (Å²) in [5.74, 6) is 0.596. The molecule has 0 fully saturated rings. The van der Waals surface area contributed by atoms with Gasteiger partial charge in [0.05, 0.1) is 36.6 Å². The lowest BCUT2D eigenvalue weighted by molar-refractivity contribution is -0.368. The van der Waals surface area contributed by atoms with Crippen molar-refractivity contribution in [1.82, 2.24) is 14.5 Å². The van der Waals surface area contributed by atoms with Crippen molar-refractivity contribution in [1.29, 1.82) is 0 Å². The van der Waals surface area contributed by atoms with E-state index in [9.17, 15) is 9.59 Å². The highest BCUT2D eigenvalue weighted by Gasteiger charge is 2.24. The average Bonchev–Trinajstić information content (AvgIpc) is 2.69. The maximum absolute atomic E-state index is 13.0. The van der Waals surface area contributed by atoms with E-state index >= 15 is 0 Å². The molecule has 1 atom stereocenters. The van der Waals surface area contributed by atoms with Crippen LogP contribution in [-0.2, 0) is 16.1 Å². The zero-order valence-electron chi connectivity index (χ0n) is 17.3. The van der Waals surface area contributed by atoms with Crippen LogP contribution in [0.2, 0.25) is 0 Å². The lowest BCUT2D eigenvalue weighted by Gasteiger charge is -2.29. The van der Waals surface area contributed by atoms with Crippen LogP contribution in [0.3, 0.4) is 0 Å². The Labute approximate surface area is 166 Å². The summed E-state index contributed by atoms with van der Waals surface area (Å²) in [5.41, 5.74) is 4.43. The minimum Gasteiger partial charge on any atom is -0.383 e. The van der Waals surface area contributed by atoms with Crippen LogP contribution in [0, 0.1) is 0 Å². The molecule has 1 amide bonds. The fourth-order valence-corrected chi connectivity index (χ4v) is 3.48. The number of carbonyl (C=O) groups excluding carboxylic acids is 1. The molecule has 7 nitrogen and oxygen atoms in total. The number of unbranched alkanes of at least 4 members (excludes halogenated alkanes) is 3. The third-order valence-electron chi connectivity index (χ3n) is 5.05. The lowest BCUT2D eigenvalue weighted by Crippen LogP contribution is -2.50. The Hall–Kier alpha value is -2.25. The lowest BCUT2D eigenvalue weighted by atomic mass is 10.1. The van der Waals surface area contributed by atoms with Crippen LogP contribution in [0.4, 0.5) is 0 Å². The molecule has 28 heavy (non-hydrogen) atoms. The van der Waals surface area contributed by atoms with Gasteiger partial charge in [0, 0.05) is 20.6 Å². The van der Waals surface area contributed by atoms with Gasteiger partial charge in [-0.3, -0.25) is 14.2 Å². The first-order chi connectivity index (χ1) is 13.5. The number of quaternary nitrogens is 1. The number of fused-ring (bicyclic) bond motifs is 1. The number of para-hydroxylation sites is 1. The minimum atomic E-state index is -0.292. The SMILES string of the molecule is COCCn1c([C@@H](C)N(CCCCCC[NH3+])C(C)=O)nc2ccccc2c1=O. The highest BCUT2D eigenvalue weighted by atomic mass is 16.5. The van der Waals surface area contributed by atoms with E-state index in [1.165, 1.54) is 0 Å². The Balaban J connectivity index is 2.35. The van der Waals surface area contributed by atoms with Gasteiger partial charge in [-0.25, -0.2) is 4.98 Å². The van der Waals surface area contributed by atoms with Gasteiger partial charge < -0.3 is 15.4 Å². The van der Waals surface area contributed by atoms with Gasteiger partial charge in [0.25, 0.3) is 5.56 Å². The molecule has 0 aliphatic carbocycles. The second kappa shape index (κ2) is 10.9. The molecular weight excluding hydrogens is 356 g/mol. The maximum Gasteiger partial charge on any atom is 0.261 e. The number of hydrogen-bond donors (Lipinski definition) is 1. The minimum absolute atomic E-state index is 0.00893. The number of hydrogen-bond acceptors (Lipinski definition) is 4. The van der Waals surface area contributed by atoms with E-state index in [0.717, 1.165) is 32.2 Å². The second-order valence-corrected chi connectivity index (χ2v) is 7.09. The number of nitrogens with zero attached hydrogens (tertiary/aromatic N) is 3. The fourth-order valence-electron chi connectivity index (χ4n) is 3.48. The van der Waals surface area contributed by atoms with Crippen molar-refractivity contribution in [3.63, 3.8) is 0 Å². The number of amides is 1. The predicted octanol–water partition coefficient (Wildman–Crippen LogP) is 1.75. The summed E-state index contributed by atoms with van der Waals surface area (Å²) in [6.45, 7) is 5.93. The molecule has 2 aromatic rings. The standard InChI is InChI=1S/C21H32N4O3/c1-16(24(17(2)26)13-9-5-4-8-12-22)20-23-19-11-7-6-10-18(19)21(27)25(20)14-15-28-3/h6-7,10-11,16H,4-5,8-9,12-15,22H2,1-3H3/p+1/t16-/m1/s1. The summed E-state index contributed by atoms with van der Waals surface area (Å²) in [5, 5.41) is 0.581. The molecule has 1 aromatic carbocycles. The van der Waals surface area contributed by atoms with Gasteiger partial charge in [0.15, 0.2) is 0 Å². The topological polar surface area (TPSA) is 92.1 Å². The number of carbonyl (C=O) groups is 1. The van der Waals surface area contributed by atoms with Crippen LogP contribution >= 0.6 is 0 Å². The maximum atomic E-state index is 13.0. The van der Waals surface area contributed by atoms with Crippen LogP contribution in [0.5, 0.6) is 0 Å². The highest BCUT2D eigenvalue weighted by molar-refractivity contribution is 5.77. The van der Waals surface area contributed by atoms with Crippen molar-refractivity contribution in [3.05, 3.63) is 40.4 Å². The zero-order valence-corrected chi connectivity index (χ0v) is 17.3. The number of rotatable bonds is 11. The van der Waals surface area contributed by atoms with Crippen molar-refractivity contribution < 1.29 is 15.3 Å². The Kier molecular flexibility index (Phi) is 8.60. The van der Waals surface area contributed by atoms with Crippen molar-refractivity contribution in [2.75, 3.05) is 26.8 Å². The first kappa shape index (κ1) is 22.0. The van der Waals surface area contributed by atoms with Gasteiger partial charge >= 0.3 is 0 Å². The first-order valence-electron chi connectivity index (χ1n) is 10.1. The number of benzene rings is 1. The van der Waals surface area contributed by atoms with Crippen LogP contribution in [-0.4, -0.2) is 47.2 Å². The Morgan fingerprint density at radius 2 is 1.96 bits per heavy atom. The van der Waals surface area contributed by atoms with Gasteiger partial charge in [-0.2, -0.15) is 0 Å². The molecule has 0 aliphatic rings. The molecule has 154 valence electrons. The third-order valence-corrected chi connectivity index (χ3v) is 5.05. The van der Waals surface area contributed by atoms with Gasteiger partial charge in [-0.05, 0) is 38.3 Å². The van der Waals surface area contributed by atoms with Crippen LogP contribution in [0.1, 0.15) is 51.4 Å². The summed E-state index contributed by atoms with van der Waals surface area (Å²) in [4.78, 5) is 31.9. The number of ether oxygens (including phenoxy) is 1. The smallest absolute Gasteiger partial charge is 0.261 e. The first-order valence-corrected chi connectivity index (χ1v) is 10.1. The van der Waals surface area contributed by atoms with Gasteiger partial charge in [0.1, 0.15) is 5.82 Å². The van der Waals surface area contributed by atoms with Crippen molar-refractivity contribution >= 4 is 16.8 Å². The Morgan fingerprint density at radius 3 is 2.64 bits per heavy atom. The number of aromatic nitrogens is 2. The molecule has 1 aromatic heterocycles. The monoisotopic (exact) mass is 389 g/mol. The molecule has 7 heteroatoms. The van der Waals surface area contributed by atoms with Crippen LogP contribution in [0.15, 0.2) is 29.1 Å². The molecule has 3 N–H and O–H groups in total. The summed E-state index contributed by atoms with van der Waals surface area (Å²) in [6, 6.07) is 7.04. The van der Waals surface area contributed by atoms with Crippen molar-refractivity contribution in [2.24, 2.45) is 0 Å². The van der Waals surface area contributed by atoms with E-state index in [1.54, 1.807) is 24.7 Å². The van der Waals surface area contributed by atoms with E-state index < -0.39 is 0 Å². The molecule has 1 heterocycles. The molecule has 0 unspecified atom stereocenters. The van der Waals surface area contributed by atoms with Crippen LogP contribution in [0.25, 0.3) is 10.9 Å². The van der Waals surface area contributed by atoms with Gasteiger partial charge in [-0.1, -0.05) is 18.6 Å². The van der Waals surface area contributed by atoms with E-state index in [4.69, 9.17) is 9.72 Å². The second-order valence-electron chi connectivity index (χ2n) is 7.09. The molecular formula is C21H33N4O3+.